The van der Waals surface area contributed by atoms with E-state index in [0.29, 0.717) is 12.6 Å². The van der Waals surface area contributed by atoms with Gasteiger partial charge in [-0.1, -0.05) is 0 Å². The minimum absolute atomic E-state index is 0.258. The van der Waals surface area contributed by atoms with Crippen molar-refractivity contribution < 1.29 is 29.2 Å². The number of hydrogen-bond donors (Lipinski definition) is 6. The van der Waals surface area contributed by atoms with E-state index in [4.69, 9.17) is 52.1 Å². The van der Waals surface area contributed by atoms with Crippen LogP contribution >= 0.6 is 0 Å². The zero-order valence-corrected chi connectivity index (χ0v) is 49.4. The monoisotopic (exact) mass is 1150 g/mol. The van der Waals surface area contributed by atoms with Gasteiger partial charge in [0.1, 0.15) is 49.4 Å². The van der Waals surface area contributed by atoms with Crippen LogP contribution < -0.4 is 61.5 Å². The Balaban J connectivity index is 0.000000133. The summed E-state index contributed by atoms with van der Waals surface area (Å²) in [6.07, 6.45) is 6.89. The molecule has 4 aromatic carbocycles. The maximum atomic E-state index is 8.99. The summed E-state index contributed by atoms with van der Waals surface area (Å²) in [5.74, 6) is 3.61. The number of fused-ring (bicyclic) bond motifs is 4. The molecule has 0 aliphatic carbocycles. The number of piperazine rings is 2. The maximum Gasteiger partial charge on any atom is 0.144 e. The predicted molar refractivity (Wildman–Crippen MR) is 335 cm³/mol. The first-order valence-electron chi connectivity index (χ1n) is 30.0. The van der Waals surface area contributed by atoms with E-state index in [9.17, 15) is 0 Å². The minimum Gasteiger partial charge on any atom is -0.489 e. The van der Waals surface area contributed by atoms with E-state index < -0.39 is 0 Å². The van der Waals surface area contributed by atoms with Gasteiger partial charge in [-0.3, -0.25) is 24.5 Å². The molecule has 0 spiro atoms. The lowest BCUT2D eigenvalue weighted by Gasteiger charge is -2.37. The van der Waals surface area contributed by atoms with Crippen molar-refractivity contribution in [3.8, 4) is 23.0 Å². The molecular weight excluding hydrogens is 1050 g/mol. The first kappa shape index (κ1) is 60.9. The van der Waals surface area contributed by atoms with Crippen LogP contribution in [0.5, 0.6) is 23.0 Å². The maximum absolute atomic E-state index is 8.99. The van der Waals surface area contributed by atoms with Crippen LogP contribution in [0.15, 0.2) is 91.5 Å². The highest BCUT2D eigenvalue weighted by atomic mass is 16.5. The molecule has 1 unspecified atom stereocenters. The molecule has 0 saturated carbocycles. The minimum atomic E-state index is 0.258. The molecule has 22 nitrogen and oxygen atoms in total. The number of likely N-dealkylation sites (tertiary alicyclic amines) is 1. The molecule has 0 bridgehead atoms. The molecule has 3 fully saturated rings. The first-order chi connectivity index (χ1) is 40.5. The van der Waals surface area contributed by atoms with Gasteiger partial charge in [-0.2, -0.15) is 0 Å². The predicted octanol–water partition coefficient (Wildman–Crippen LogP) is 2.62. The van der Waals surface area contributed by atoms with E-state index >= 15 is 0 Å². The van der Waals surface area contributed by atoms with Crippen molar-refractivity contribution in [2.45, 2.75) is 19.0 Å². The number of benzene rings is 4. The molecule has 10 N–H and O–H groups in total. The van der Waals surface area contributed by atoms with E-state index in [0.717, 1.165) is 227 Å². The number of β-amino-alcohol motifs (C(OH)–C–C–N with tert-alkyl or cyclic N) is 2. The Morgan fingerprint density at radius 1 is 0.434 bits per heavy atom. The van der Waals surface area contributed by atoms with Gasteiger partial charge in [-0.05, 0) is 75.6 Å². The lowest BCUT2D eigenvalue weighted by molar-refractivity contribution is 0.114. The molecule has 7 aliphatic rings. The van der Waals surface area contributed by atoms with E-state index in [-0.39, 0.29) is 13.2 Å². The molecular formula is C61H94N16O6. The van der Waals surface area contributed by atoms with Crippen LogP contribution in [0.2, 0.25) is 0 Å². The van der Waals surface area contributed by atoms with Crippen molar-refractivity contribution in [2.24, 2.45) is 0 Å². The number of anilines is 8. The van der Waals surface area contributed by atoms with Crippen LogP contribution in [0.4, 0.5) is 45.5 Å². The van der Waals surface area contributed by atoms with Gasteiger partial charge in [-0.15, -0.1) is 0 Å². The zero-order valence-electron chi connectivity index (χ0n) is 49.4. The molecule has 454 valence electrons. The average molecular weight is 1150 g/mol. The van der Waals surface area contributed by atoms with E-state index in [1.54, 1.807) is 6.20 Å². The fourth-order valence-corrected chi connectivity index (χ4v) is 11.7. The van der Waals surface area contributed by atoms with Crippen molar-refractivity contribution in [3.63, 3.8) is 0 Å². The highest BCUT2D eigenvalue weighted by molar-refractivity contribution is 5.68. The summed E-state index contributed by atoms with van der Waals surface area (Å²) in [5.41, 5.74) is 30.9. The van der Waals surface area contributed by atoms with Crippen LogP contribution in [0.25, 0.3) is 0 Å². The molecule has 8 heterocycles. The number of imidazole rings is 1. The molecule has 0 radical (unpaired) electrons. The third kappa shape index (κ3) is 17.7. The SMILES string of the molecule is CN(C)C1CCN(CCN2CCOc3cc(N)ccc32)C1.Nc1ccc2c(c1)OCCN2CCN1CCN(CCO)CC1.Nc1ccc2c(c1)OCCN2CCN1CCN(CCO)CC1.Nc1ccc2c(c1)OCCN2CCn1ccnc1. The summed E-state index contributed by atoms with van der Waals surface area (Å²) in [7, 11) is 4.35. The second kappa shape index (κ2) is 30.8. The van der Waals surface area contributed by atoms with Gasteiger partial charge in [-0.25, -0.2) is 4.98 Å². The second-order valence-electron chi connectivity index (χ2n) is 22.6. The van der Waals surface area contributed by atoms with Crippen LogP contribution in [-0.2, 0) is 6.54 Å². The van der Waals surface area contributed by atoms with Crippen LogP contribution in [0, 0.1) is 0 Å². The van der Waals surface area contributed by atoms with Crippen LogP contribution in [0.3, 0.4) is 0 Å². The van der Waals surface area contributed by atoms with Gasteiger partial charge in [0.2, 0.25) is 0 Å². The summed E-state index contributed by atoms with van der Waals surface area (Å²) in [6, 6.07) is 24.3. The number of aromatic nitrogens is 2. The number of aliphatic hydroxyl groups is 2. The van der Waals surface area contributed by atoms with E-state index in [2.05, 4.69) is 90.8 Å². The molecule has 5 aromatic rings. The normalized spacial score (nSPS) is 19.2. The fourth-order valence-electron chi connectivity index (χ4n) is 11.7. The standard InChI is InChI=1S/2C16H26N4O2.C16H26N4O.C13H16N4O/c2*17-14-1-2-15-16(13-14)22-12-10-20(15)8-7-18-3-5-19(6-4-18)9-11-21;1-18(2)14-5-6-19(12-14)7-8-20-9-10-21-16-11-13(17)3-4-15(16)20;14-11-1-2-12-13(9-11)18-8-7-17(12)6-5-16-4-3-15-10-16/h2*1-2,13,21H,3-12,17H2;3-4,11,14H,5-10,12,17H2,1-2H3;1-4,9-10H,5-8,14H2. The van der Waals surface area contributed by atoms with Gasteiger partial charge in [0.05, 0.1) is 68.5 Å². The average Bonchev–Trinajstić information content (AvgIpc) is 4.34. The number of likely N-dealkylation sites (N-methyl/N-ethyl adjacent to an activating group) is 1. The molecule has 7 aliphatic heterocycles. The third-order valence-corrected chi connectivity index (χ3v) is 16.8. The number of nitrogens with zero attached hydrogens (tertiary/aromatic N) is 12. The topological polar surface area (TPSA) is 232 Å². The Kier molecular flexibility index (Phi) is 22.6. The Morgan fingerprint density at radius 2 is 0.771 bits per heavy atom. The van der Waals surface area contributed by atoms with Gasteiger partial charge < -0.3 is 81.2 Å². The van der Waals surface area contributed by atoms with Crippen LogP contribution in [0.1, 0.15) is 6.42 Å². The van der Waals surface area contributed by atoms with Crippen LogP contribution in [-0.4, -0.2) is 259 Å². The fraction of sp³-hybridized carbons (Fsp3) is 0.557. The molecule has 22 heteroatoms. The number of ether oxygens (including phenoxy) is 4. The number of nitrogens with two attached hydrogens (primary N) is 4. The Bertz CT molecular complexity index is 2640. The Labute approximate surface area is 492 Å². The largest absolute Gasteiger partial charge is 0.489 e. The van der Waals surface area contributed by atoms with Gasteiger partial charge >= 0.3 is 0 Å². The van der Waals surface area contributed by atoms with Gasteiger partial charge in [0.15, 0.2) is 0 Å². The number of nitrogen functional groups attached to an aromatic ring is 4. The first-order valence-corrected chi connectivity index (χ1v) is 30.0. The molecule has 3 saturated heterocycles. The van der Waals surface area contributed by atoms with Gasteiger partial charge in [0.25, 0.3) is 0 Å². The Hall–Kier alpha value is -6.63. The molecule has 0 amide bonds. The lowest BCUT2D eigenvalue weighted by Crippen LogP contribution is -2.49. The molecule has 1 atom stereocenters. The second-order valence-corrected chi connectivity index (χ2v) is 22.6. The van der Waals surface area contributed by atoms with Crippen molar-refractivity contribution in [1.29, 1.82) is 0 Å². The highest BCUT2D eigenvalue weighted by Gasteiger charge is 2.27. The van der Waals surface area contributed by atoms with Gasteiger partial charge in [0, 0.05) is 190 Å². The van der Waals surface area contributed by atoms with E-state index in [1.165, 1.54) is 25.2 Å². The highest BCUT2D eigenvalue weighted by Crippen LogP contribution is 2.36. The number of aliphatic hydroxyl groups excluding tert-OH is 2. The molecule has 12 rings (SSSR count). The smallest absolute Gasteiger partial charge is 0.144 e. The summed E-state index contributed by atoms with van der Waals surface area (Å²) >= 11 is 0. The third-order valence-electron chi connectivity index (χ3n) is 16.8. The van der Waals surface area contributed by atoms with Crippen molar-refractivity contribution in [1.82, 2.24) is 39.0 Å². The summed E-state index contributed by atoms with van der Waals surface area (Å²) < 4.78 is 24.8. The lowest BCUT2D eigenvalue weighted by atomic mass is 10.2. The molecule has 1 aromatic heterocycles. The zero-order chi connectivity index (χ0) is 57.9. The molecule has 83 heavy (non-hydrogen) atoms. The van der Waals surface area contributed by atoms with Crippen molar-refractivity contribution in [2.75, 3.05) is 247 Å². The number of rotatable bonds is 17. The Morgan fingerprint density at radius 3 is 1.08 bits per heavy atom. The summed E-state index contributed by atoms with van der Waals surface area (Å²) in [4.78, 5) is 28.1. The van der Waals surface area contributed by atoms with E-state index in [1.807, 2.05) is 67.1 Å². The summed E-state index contributed by atoms with van der Waals surface area (Å²) in [5, 5.41) is 18.0. The quantitative estimate of drug-likeness (QED) is 0.0735. The number of hydrogen-bond acceptors (Lipinski definition) is 21. The summed E-state index contributed by atoms with van der Waals surface area (Å²) in [6.45, 7) is 27.9. The van der Waals surface area contributed by atoms with Crippen molar-refractivity contribution >= 4 is 45.5 Å². The van der Waals surface area contributed by atoms with Crippen molar-refractivity contribution in [3.05, 3.63) is 91.5 Å².